The minimum absolute atomic E-state index is 0.00755. The predicted molar refractivity (Wildman–Crippen MR) is 166 cm³/mol. The van der Waals surface area contributed by atoms with Crippen molar-refractivity contribution in [2.45, 2.75) is 35.3 Å². The highest BCUT2D eigenvalue weighted by atomic mass is 35.5. The van der Waals surface area contributed by atoms with E-state index in [9.17, 15) is 21.6 Å². The van der Waals surface area contributed by atoms with Gasteiger partial charge in [0.25, 0.3) is 20.2 Å². The van der Waals surface area contributed by atoms with Gasteiger partial charge in [0.05, 0.1) is 43.2 Å². The SMILES string of the molecule is C=C(/N=C(\N=C/C)C(CC(=O)CC(SCCS(=O)(=O)O)c1cc(SCCl)ncn1)SCCS(=O)(=O)O)SCCl. The zero-order chi connectivity index (χ0) is 29.5. The standard InChI is InChI=1S/C20H28Cl2N4O7S6/c1-3-23-20(26-14(2)36-11-21)18(35-5-7-39(31,32)33)9-15(27)8-17(34-4-6-38(28,29)30)16-10-19(37-12-22)25-13-24-16/h3,10,13,17-18H,2,4-9,11-12H2,1H3,(H,28,29,30)(H,31,32,33)/b23-3-,26-20-. The Bertz CT molecular complexity index is 1230. The summed E-state index contributed by atoms with van der Waals surface area (Å²) in [6, 6.07) is 1.66. The molecule has 0 aliphatic heterocycles. The van der Waals surface area contributed by atoms with Crippen molar-refractivity contribution in [2.75, 3.05) is 33.4 Å². The van der Waals surface area contributed by atoms with Gasteiger partial charge in [-0.25, -0.2) is 20.0 Å². The van der Waals surface area contributed by atoms with Gasteiger partial charge in [0.15, 0.2) is 0 Å². The summed E-state index contributed by atoms with van der Waals surface area (Å²) in [6.45, 7) is 5.46. The van der Waals surface area contributed by atoms with E-state index in [-0.39, 0.29) is 46.4 Å². The first-order valence-corrected chi connectivity index (χ1v) is 19.2. The van der Waals surface area contributed by atoms with Crippen LogP contribution < -0.4 is 0 Å². The van der Waals surface area contributed by atoms with E-state index in [1.807, 2.05) is 0 Å². The summed E-state index contributed by atoms with van der Waals surface area (Å²) in [5, 5.41) is 0.102. The van der Waals surface area contributed by atoms with Crippen LogP contribution in [0.4, 0.5) is 0 Å². The summed E-state index contributed by atoms with van der Waals surface area (Å²) in [6.07, 6.45) is 2.63. The number of rotatable bonds is 19. The van der Waals surface area contributed by atoms with E-state index in [1.54, 1.807) is 13.0 Å². The van der Waals surface area contributed by atoms with Crippen LogP contribution in [0.1, 0.15) is 30.7 Å². The Morgan fingerprint density at radius 2 is 1.72 bits per heavy atom. The van der Waals surface area contributed by atoms with Gasteiger partial charge in [-0.2, -0.15) is 28.6 Å². The van der Waals surface area contributed by atoms with E-state index in [2.05, 4.69) is 26.5 Å². The quantitative estimate of drug-likeness (QED) is 0.0510. The van der Waals surface area contributed by atoms with Gasteiger partial charge in [-0.1, -0.05) is 30.1 Å². The number of amidine groups is 1. The molecule has 0 spiro atoms. The maximum absolute atomic E-state index is 13.3. The van der Waals surface area contributed by atoms with Crippen LogP contribution in [-0.4, -0.2) is 92.4 Å². The van der Waals surface area contributed by atoms with Crippen molar-refractivity contribution in [1.29, 1.82) is 0 Å². The van der Waals surface area contributed by atoms with E-state index < -0.39 is 42.2 Å². The van der Waals surface area contributed by atoms with Crippen LogP contribution in [-0.2, 0) is 25.0 Å². The zero-order valence-corrected chi connectivity index (χ0v) is 27.1. The van der Waals surface area contributed by atoms with Crippen molar-refractivity contribution in [3.8, 4) is 0 Å². The molecule has 39 heavy (non-hydrogen) atoms. The first-order chi connectivity index (χ1) is 18.3. The molecule has 0 bridgehead atoms. The Balaban J connectivity index is 3.23. The molecule has 0 radical (unpaired) electrons. The second kappa shape index (κ2) is 18.9. The lowest BCUT2D eigenvalue weighted by Crippen LogP contribution is -2.23. The molecule has 1 aromatic rings. The topological polar surface area (TPSA) is 176 Å². The lowest BCUT2D eigenvalue weighted by molar-refractivity contribution is -0.118. The Morgan fingerprint density at radius 3 is 2.28 bits per heavy atom. The first-order valence-electron chi connectivity index (χ1n) is 10.9. The van der Waals surface area contributed by atoms with Gasteiger partial charge in [-0.3, -0.25) is 13.9 Å². The molecule has 2 atom stereocenters. The molecule has 1 rings (SSSR count). The van der Waals surface area contributed by atoms with Crippen molar-refractivity contribution in [3.05, 3.63) is 29.7 Å². The summed E-state index contributed by atoms with van der Waals surface area (Å²) in [5.74, 6) is -1.09. The molecule has 0 aromatic carbocycles. The second-order valence-electron chi connectivity index (χ2n) is 7.28. The summed E-state index contributed by atoms with van der Waals surface area (Å²) >= 11 is 16.2. The summed E-state index contributed by atoms with van der Waals surface area (Å²) in [5.41, 5.74) is 0.481. The molecule has 2 N–H and O–H groups in total. The number of hydrogen-bond acceptors (Lipinski definition) is 12. The minimum atomic E-state index is -4.23. The lowest BCUT2D eigenvalue weighted by atomic mass is 10.1. The van der Waals surface area contributed by atoms with E-state index in [0.717, 1.165) is 35.3 Å². The molecule has 1 aromatic heterocycles. The molecule has 19 heteroatoms. The van der Waals surface area contributed by atoms with Crippen molar-refractivity contribution in [1.82, 2.24) is 9.97 Å². The van der Waals surface area contributed by atoms with Crippen molar-refractivity contribution < 1.29 is 30.7 Å². The third-order valence-corrected chi connectivity index (χ3v) is 10.6. The first kappa shape index (κ1) is 36.7. The lowest BCUT2D eigenvalue weighted by Gasteiger charge is -2.19. The van der Waals surface area contributed by atoms with Gasteiger partial charge in [0.1, 0.15) is 23.0 Å². The van der Waals surface area contributed by atoms with Crippen LogP contribution in [0.15, 0.2) is 39.0 Å². The third-order valence-electron chi connectivity index (χ3n) is 4.35. The summed E-state index contributed by atoms with van der Waals surface area (Å²) < 4.78 is 63.2. The van der Waals surface area contributed by atoms with Crippen LogP contribution in [0.2, 0.25) is 0 Å². The highest BCUT2D eigenvalue weighted by molar-refractivity contribution is 8.04. The van der Waals surface area contributed by atoms with E-state index in [1.165, 1.54) is 24.3 Å². The molecule has 0 amide bonds. The Labute approximate surface area is 255 Å². The van der Waals surface area contributed by atoms with E-state index in [4.69, 9.17) is 32.3 Å². The van der Waals surface area contributed by atoms with Crippen LogP contribution in [0, 0.1) is 0 Å². The summed E-state index contributed by atoms with van der Waals surface area (Å²) in [4.78, 5) is 30.3. The van der Waals surface area contributed by atoms with Crippen molar-refractivity contribution >= 4 is 108 Å². The van der Waals surface area contributed by atoms with Crippen LogP contribution in [0.25, 0.3) is 0 Å². The molecule has 0 aliphatic rings. The Morgan fingerprint density at radius 1 is 1.08 bits per heavy atom. The van der Waals surface area contributed by atoms with Crippen LogP contribution in [0.3, 0.4) is 0 Å². The molecule has 220 valence electrons. The van der Waals surface area contributed by atoms with Gasteiger partial charge in [-0.05, 0) is 13.0 Å². The third kappa shape index (κ3) is 17.2. The molecule has 1 heterocycles. The van der Waals surface area contributed by atoms with Crippen LogP contribution >= 0.6 is 70.2 Å². The number of ketones is 1. The fourth-order valence-corrected chi connectivity index (χ4v) is 8.39. The monoisotopic (exact) mass is 698 g/mol. The molecule has 0 aliphatic carbocycles. The van der Waals surface area contributed by atoms with Crippen molar-refractivity contribution in [3.63, 3.8) is 0 Å². The summed E-state index contributed by atoms with van der Waals surface area (Å²) in [7, 11) is -8.43. The van der Waals surface area contributed by atoms with Gasteiger partial charge < -0.3 is 0 Å². The normalized spacial score (nSPS) is 14.4. The highest BCUT2D eigenvalue weighted by Crippen LogP contribution is 2.34. The number of aromatic nitrogens is 2. The van der Waals surface area contributed by atoms with Gasteiger partial charge in [0.2, 0.25) is 0 Å². The number of halogens is 2. The van der Waals surface area contributed by atoms with Crippen LogP contribution in [0.5, 0.6) is 0 Å². The smallest absolute Gasteiger partial charge is 0.265 e. The maximum atomic E-state index is 13.3. The number of carbonyl (C=O) groups is 1. The maximum Gasteiger partial charge on any atom is 0.265 e. The average molecular weight is 700 g/mol. The number of thioether (sulfide) groups is 4. The predicted octanol–water partition coefficient (Wildman–Crippen LogP) is 4.66. The second-order valence-corrected chi connectivity index (χ2v) is 16.3. The van der Waals surface area contributed by atoms with E-state index >= 15 is 0 Å². The number of alkyl halides is 2. The fraction of sp³-hybridized carbons (Fsp3) is 0.550. The number of Topliss-reactive ketones (excluding diaryl/α,β-unsaturated/α-hetero) is 1. The van der Waals surface area contributed by atoms with Gasteiger partial charge in [0, 0.05) is 30.6 Å². The largest absolute Gasteiger partial charge is 0.300 e. The number of aliphatic imine (C=N–C) groups is 2. The molecular weight excluding hydrogens is 672 g/mol. The molecule has 0 saturated heterocycles. The van der Waals surface area contributed by atoms with Gasteiger partial charge in [-0.15, -0.1) is 35.0 Å². The number of carbonyl (C=O) groups excluding carboxylic acids is 1. The minimum Gasteiger partial charge on any atom is -0.300 e. The fourth-order valence-electron chi connectivity index (χ4n) is 2.77. The molecule has 11 nitrogen and oxygen atoms in total. The average Bonchev–Trinajstić information content (AvgIpc) is 2.81. The molecule has 0 fully saturated rings. The highest BCUT2D eigenvalue weighted by Gasteiger charge is 2.25. The zero-order valence-electron chi connectivity index (χ0n) is 20.7. The van der Waals surface area contributed by atoms with Gasteiger partial charge >= 0.3 is 0 Å². The number of hydrogen-bond donors (Lipinski definition) is 2. The van der Waals surface area contributed by atoms with E-state index in [0.29, 0.717) is 15.7 Å². The molecule has 0 saturated carbocycles. The van der Waals surface area contributed by atoms with Crippen molar-refractivity contribution in [2.24, 2.45) is 9.98 Å². The Kier molecular flexibility index (Phi) is 17.8. The molecular formula is C20H28Cl2N4O7S6. The Hall–Kier alpha value is -0.370. The number of nitrogens with zero attached hydrogens (tertiary/aromatic N) is 4. The molecule has 2 unspecified atom stereocenters.